The fourth-order valence-electron chi connectivity index (χ4n) is 1.83. The molecule has 1 rings (SSSR count). The molecule has 0 radical (unpaired) electrons. The second kappa shape index (κ2) is 3.77. The van der Waals surface area contributed by atoms with Crippen molar-refractivity contribution in [3.63, 3.8) is 0 Å². The summed E-state index contributed by atoms with van der Waals surface area (Å²) in [6.45, 7) is 4.66. The molecule has 1 nitrogen and oxygen atoms in total. The van der Waals surface area contributed by atoms with E-state index in [2.05, 4.69) is 12.7 Å². The Bertz CT molecular complexity index is 109. The number of nitrogens with two attached hydrogens (primary N) is 1. The number of rotatable bonds is 3. The quantitative estimate of drug-likeness (QED) is 0.594. The zero-order chi connectivity index (χ0) is 7.40. The largest absolute Gasteiger partial charge is 0.330 e. The predicted octanol–water partition coefficient (Wildman–Crippen LogP) is 1.94. The van der Waals surface area contributed by atoms with Crippen molar-refractivity contribution in [2.75, 3.05) is 6.54 Å². The first-order valence-corrected chi connectivity index (χ1v) is 4.19. The molecule has 0 amide bonds. The molecule has 1 saturated carbocycles. The summed E-state index contributed by atoms with van der Waals surface area (Å²) >= 11 is 0. The van der Waals surface area contributed by atoms with Gasteiger partial charge < -0.3 is 5.73 Å². The first kappa shape index (κ1) is 7.80. The summed E-state index contributed by atoms with van der Waals surface area (Å²) in [5.74, 6) is 1.68. The summed E-state index contributed by atoms with van der Waals surface area (Å²) in [6, 6.07) is 0. The maximum atomic E-state index is 5.47. The molecule has 58 valence electrons. The Morgan fingerprint density at radius 3 is 2.80 bits per heavy atom. The Labute approximate surface area is 63.3 Å². The van der Waals surface area contributed by atoms with Crippen LogP contribution in [0.4, 0.5) is 0 Å². The zero-order valence-electron chi connectivity index (χ0n) is 6.55. The van der Waals surface area contributed by atoms with Crippen LogP contribution in [0.1, 0.15) is 25.7 Å². The van der Waals surface area contributed by atoms with Crippen LogP contribution in [0.2, 0.25) is 0 Å². The molecule has 1 aliphatic rings. The molecule has 1 fully saturated rings. The summed E-state index contributed by atoms with van der Waals surface area (Å²) in [6.07, 6.45) is 7.35. The van der Waals surface area contributed by atoms with Crippen molar-refractivity contribution in [3.8, 4) is 0 Å². The molecule has 1 aliphatic carbocycles. The van der Waals surface area contributed by atoms with Crippen LogP contribution in [-0.2, 0) is 0 Å². The maximum absolute atomic E-state index is 5.47. The van der Waals surface area contributed by atoms with E-state index in [4.69, 9.17) is 5.73 Å². The van der Waals surface area contributed by atoms with E-state index in [0.29, 0.717) is 0 Å². The Balaban J connectivity index is 2.21. The average molecular weight is 139 g/mol. The minimum absolute atomic E-state index is 0.788. The summed E-state index contributed by atoms with van der Waals surface area (Å²) in [4.78, 5) is 0. The highest BCUT2D eigenvalue weighted by Gasteiger charge is 2.20. The van der Waals surface area contributed by atoms with E-state index >= 15 is 0 Å². The molecule has 10 heavy (non-hydrogen) atoms. The van der Waals surface area contributed by atoms with E-state index in [-0.39, 0.29) is 0 Å². The summed E-state index contributed by atoms with van der Waals surface area (Å²) < 4.78 is 0. The van der Waals surface area contributed by atoms with Crippen LogP contribution in [0.3, 0.4) is 0 Å². The van der Waals surface area contributed by atoms with Gasteiger partial charge in [0.25, 0.3) is 0 Å². The highest BCUT2D eigenvalue weighted by atomic mass is 14.5. The van der Waals surface area contributed by atoms with Crippen LogP contribution < -0.4 is 5.73 Å². The van der Waals surface area contributed by atoms with Gasteiger partial charge in [-0.25, -0.2) is 0 Å². The van der Waals surface area contributed by atoms with Crippen LogP contribution in [0.5, 0.6) is 0 Å². The summed E-state index contributed by atoms with van der Waals surface area (Å²) in [5.41, 5.74) is 5.47. The minimum atomic E-state index is 0.788. The first-order chi connectivity index (χ1) is 4.86. The molecular weight excluding hydrogens is 122 g/mol. The van der Waals surface area contributed by atoms with E-state index in [1.807, 2.05) is 0 Å². The topological polar surface area (TPSA) is 26.0 Å². The average Bonchev–Trinajstić information content (AvgIpc) is 2.37. The van der Waals surface area contributed by atoms with E-state index in [1.165, 1.54) is 25.7 Å². The third kappa shape index (κ3) is 1.84. The highest BCUT2D eigenvalue weighted by molar-refractivity contribution is 4.86. The summed E-state index contributed by atoms with van der Waals surface area (Å²) in [5, 5.41) is 0. The number of hydrogen-bond donors (Lipinski definition) is 1. The molecule has 2 unspecified atom stereocenters. The van der Waals surface area contributed by atoms with E-state index in [0.717, 1.165) is 18.4 Å². The van der Waals surface area contributed by atoms with Crippen LogP contribution in [0.15, 0.2) is 12.7 Å². The number of hydrogen-bond acceptors (Lipinski definition) is 1. The second-order valence-electron chi connectivity index (χ2n) is 3.25. The molecule has 0 aliphatic heterocycles. The van der Waals surface area contributed by atoms with E-state index in [9.17, 15) is 0 Å². The van der Waals surface area contributed by atoms with Gasteiger partial charge in [-0.1, -0.05) is 6.08 Å². The molecule has 0 aromatic rings. The van der Waals surface area contributed by atoms with Gasteiger partial charge in [0.15, 0.2) is 0 Å². The van der Waals surface area contributed by atoms with Gasteiger partial charge in [0.05, 0.1) is 0 Å². The normalized spacial score (nSPS) is 32.5. The van der Waals surface area contributed by atoms with Crippen LogP contribution in [0.25, 0.3) is 0 Å². The maximum Gasteiger partial charge on any atom is -0.00746 e. The number of allylic oxidation sites excluding steroid dienone is 1. The minimum Gasteiger partial charge on any atom is -0.330 e. The van der Waals surface area contributed by atoms with Crippen LogP contribution >= 0.6 is 0 Å². The molecule has 1 heteroatoms. The van der Waals surface area contributed by atoms with Crippen molar-refractivity contribution < 1.29 is 0 Å². The molecule has 2 atom stereocenters. The molecule has 0 aromatic heterocycles. The first-order valence-electron chi connectivity index (χ1n) is 4.19. The molecular formula is C9H17N. The molecule has 0 spiro atoms. The second-order valence-corrected chi connectivity index (χ2v) is 3.25. The summed E-state index contributed by atoms with van der Waals surface area (Å²) in [7, 11) is 0. The van der Waals surface area contributed by atoms with Crippen molar-refractivity contribution in [3.05, 3.63) is 12.7 Å². The van der Waals surface area contributed by atoms with Crippen molar-refractivity contribution in [1.82, 2.24) is 0 Å². The van der Waals surface area contributed by atoms with Crippen molar-refractivity contribution in [2.45, 2.75) is 25.7 Å². The van der Waals surface area contributed by atoms with Gasteiger partial charge in [-0.3, -0.25) is 0 Å². The Morgan fingerprint density at radius 2 is 2.30 bits per heavy atom. The van der Waals surface area contributed by atoms with E-state index < -0.39 is 0 Å². The Hall–Kier alpha value is -0.300. The fourth-order valence-corrected chi connectivity index (χ4v) is 1.83. The van der Waals surface area contributed by atoms with Gasteiger partial charge >= 0.3 is 0 Å². The smallest absolute Gasteiger partial charge is 0.00746 e. The zero-order valence-corrected chi connectivity index (χ0v) is 6.55. The molecule has 0 bridgehead atoms. The lowest BCUT2D eigenvalue weighted by Gasteiger charge is -2.05. The Morgan fingerprint density at radius 1 is 1.50 bits per heavy atom. The molecule has 0 saturated heterocycles. The van der Waals surface area contributed by atoms with Gasteiger partial charge in [0, 0.05) is 0 Å². The van der Waals surface area contributed by atoms with Gasteiger partial charge in [-0.05, 0) is 44.1 Å². The lowest BCUT2D eigenvalue weighted by molar-refractivity contribution is 0.498. The Kier molecular flexibility index (Phi) is 2.94. The van der Waals surface area contributed by atoms with E-state index in [1.54, 1.807) is 0 Å². The van der Waals surface area contributed by atoms with Crippen molar-refractivity contribution in [1.29, 1.82) is 0 Å². The molecule has 0 heterocycles. The van der Waals surface area contributed by atoms with Crippen molar-refractivity contribution in [2.24, 2.45) is 17.6 Å². The van der Waals surface area contributed by atoms with Gasteiger partial charge in [-0.2, -0.15) is 0 Å². The lowest BCUT2D eigenvalue weighted by Crippen LogP contribution is -2.05. The predicted molar refractivity (Wildman–Crippen MR) is 44.7 cm³/mol. The molecule has 0 aromatic carbocycles. The van der Waals surface area contributed by atoms with Crippen LogP contribution in [0, 0.1) is 11.8 Å². The van der Waals surface area contributed by atoms with Gasteiger partial charge in [-0.15, -0.1) is 6.58 Å². The third-order valence-corrected chi connectivity index (χ3v) is 2.49. The molecule has 2 N–H and O–H groups in total. The lowest BCUT2D eigenvalue weighted by atomic mass is 10.0. The SMILES string of the molecule is C=CC1CCC(CCN)C1. The fraction of sp³-hybridized carbons (Fsp3) is 0.778. The highest BCUT2D eigenvalue weighted by Crippen LogP contribution is 2.32. The van der Waals surface area contributed by atoms with Gasteiger partial charge in [0.1, 0.15) is 0 Å². The standard InChI is InChI=1S/C9H17N/c1-2-8-3-4-9(7-8)5-6-10/h2,8-9H,1,3-7,10H2. The van der Waals surface area contributed by atoms with Crippen LogP contribution in [-0.4, -0.2) is 6.54 Å². The van der Waals surface area contributed by atoms with Crippen molar-refractivity contribution >= 4 is 0 Å². The monoisotopic (exact) mass is 139 g/mol. The van der Waals surface area contributed by atoms with Gasteiger partial charge in [0.2, 0.25) is 0 Å². The third-order valence-electron chi connectivity index (χ3n) is 2.49.